The number of aromatic nitrogens is 2. The third-order valence-electron chi connectivity index (χ3n) is 20.7. The van der Waals surface area contributed by atoms with Crippen molar-refractivity contribution in [2.45, 2.75) is 141 Å². The number of rotatable bonds is 11. The smallest absolute Gasteiger partial charge is 0.303 e. The molecule has 14 aliphatic rings. The summed E-state index contributed by atoms with van der Waals surface area (Å²) < 4.78 is 5.86. The molecule has 12 aliphatic carbocycles. The second kappa shape index (κ2) is 20.3. The Hall–Kier alpha value is -4.87. The van der Waals surface area contributed by atoms with Crippen LogP contribution in [0.25, 0.3) is 0 Å². The van der Waals surface area contributed by atoms with Gasteiger partial charge in [0.2, 0.25) is 11.8 Å². The Morgan fingerprint density at radius 3 is 1.19 bits per heavy atom. The highest BCUT2D eigenvalue weighted by atomic mass is 16.5. The van der Waals surface area contributed by atoms with E-state index in [9.17, 15) is 19.5 Å². The average molecular weight is 995 g/mol. The van der Waals surface area contributed by atoms with E-state index in [0.717, 1.165) is 141 Å². The largest absolute Gasteiger partial charge is 0.506 e. The molecule has 0 spiro atoms. The molecule has 3 aromatic rings. The van der Waals surface area contributed by atoms with Crippen molar-refractivity contribution in [3.63, 3.8) is 0 Å². The Morgan fingerprint density at radius 2 is 0.849 bits per heavy atom. The van der Waals surface area contributed by atoms with Crippen molar-refractivity contribution >= 4 is 29.4 Å². The maximum atomic E-state index is 13.2. The predicted molar refractivity (Wildman–Crippen MR) is 282 cm³/mol. The second-order valence-corrected chi connectivity index (χ2v) is 26.4. The molecule has 0 unspecified atom stereocenters. The molecule has 1 aromatic carbocycles. The number of aromatic hydroxyl groups is 1. The lowest BCUT2D eigenvalue weighted by Gasteiger charge is -2.57. The Labute approximate surface area is 434 Å². The van der Waals surface area contributed by atoms with E-state index in [1.165, 1.54) is 122 Å². The van der Waals surface area contributed by atoms with E-state index in [4.69, 9.17) is 9.84 Å². The maximum absolute atomic E-state index is 13.2. The summed E-state index contributed by atoms with van der Waals surface area (Å²) in [4.78, 5) is 54.8. The van der Waals surface area contributed by atoms with Gasteiger partial charge in [0.05, 0.1) is 18.8 Å². The number of benzene rings is 1. The molecule has 2 aromatic heterocycles. The van der Waals surface area contributed by atoms with Gasteiger partial charge in [0, 0.05) is 65.2 Å². The van der Waals surface area contributed by atoms with E-state index in [2.05, 4.69) is 41.7 Å². The summed E-state index contributed by atoms with van der Waals surface area (Å²) in [5, 5.41) is 18.4. The molecule has 392 valence electrons. The van der Waals surface area contributed by atoms with E-state index in [-0.39, 0.29) is 11.2 Å². The van der Waals surface area contributed by atoms with E-state index in [1.807, 2.05) is 42.6 Å². The van der Waals surface area contributed by atoms with Crippen LogP contribution in [0.5, 0.6) is 11.5 Å². The van der Waals surface area contributed by atoms with Crippen molar-refractivity contribution in [2.75, 3.05) is 62.2 Å². The first-order valence-electron chi connectivity index (χ1n) is 28.9. The summed E-state index contributed by atoms with van der Waals surface area (Å²) in [7, 11) is 0. The molecule has 2 N–H and O–H groups in total. The van der Waals surface area contributed by atoms with Crippen LogP contribution >= 0.6 is 0 Å². The minimum atomic E-state index is -0.577. The molecule has 2 aliphatic heterocycles. The molecule has 4 heterocycles. The lowest BCUT2D eigenvalue weighted by molar-refractivity contribution is -0.145. The van der Waals surface area contributed by atoms with Crippen LogP contribution in [0.3, 0.4) is 0 Å². The zero-order chi connectivity index (χ0) is 49.7. The number of ether oxygens (including phenoxy) is 1. The summed E-state index contributed by atoms with van der Waals surface area (Å²) in [6.07, 6.45) is 29.6. The van der Waals surface area contributed by atoms with Crippen LogP contribution in [0.15, 0.2) is 67.0 Å². The van der Waals surface area contributed by atoms with Crippen LogP contribution < -0.4 is 14.5 Å². The van der Waals surface area contributed by atoms with Gasteiger partial charge >= 0.3 is 5.97 Å². The number of aliphatic carboxylic acids is 1. The highest BCUT2D eigenvalue weighted by molar-refractivity contribution is 5.78. The number of carbonyl (C=O) groups is 3. The lowest BCUT2D eigenvalue weighted by Crippen LogP contribution is -2.52. The maximum Gasteiger partial charge on any atom is 0.303 e. The van der Waals surface area contributed by atoms with Gasteiger partial charge in [-0.15, -0.1) is 0 Å². The first-order chi connectivity index (χ1) is 35.4. The molecule has 2 saturated heterocycles. The number of anilines is 2. The molecule has 12 saturated carbocycles. The van der Waals surface area contributed by atoms with Crippen LogP contribution in [0.2, 0.25) is 0 Å². The van der Waals surface area contributed by atoms with Gasteiger partial charge in [-0.2, -0.15) is 0 Å². The topological polar surface area (TPSA) is 140 Å². The quantitative estimate of drug-likeness (QED) is 0.191. The fraction of sp³-hybridized carbons (Fsp3) is 0.689. The Kier molecular flexibility index (Phi) is 13.7. The summed E-state index contributed by atoms with van der Waals surface area (Å²) >= 11 is 0. The van der Waals surface area contributed by atoms with E-state index in [0.29, 0.717) is 35.7 Å². The zero-order valence-electron chi connectivity index (χ0n) is 43.5. The monoisotopic (exact) mass is 995 g/mol. The van der Waals surface area contributed by atoms with Crippen LogP contribution in [0, 0.1) is 69.5 Å². The summed E-state index contributed by atoms with van der Waals surface area (Å²) in [6, 6.07) is 17.7. The molecule has 2 amide bonds. The van der Waals surface area contributed by atoms with Gasteiger partial charge in [-0.3, -0.25) is 14.4 Å². The van der Waals surface area contributed by atoms with Crippen LogP contribution in [0.1, 0.15) is 140 Å². The number of piperazine rings is 2. The first-order valence-corrected chi connectivity index (χ1v) is 28.9. The lowest BCUT2D eigenvalue weighted by atomic mass is 9.49. The minimum absolute atomic E-state index is 0.193. The summed E-state index contributed by atoms with van der Waals surface area (Å²) in [5.74, 6) is 11.1. The normalized spacial score (nSPS) is 36.0. The minimum Gasteiger partial charge on any atom is -0.506 e. The molecule has 12 heteroatoms. The van der Waals surface area contributed by atoms with E-state index in [1.54, 1.807) is 6.07 Å². The third kappa shape index (κ3) is 11.1. The zero-order valence-corrected chi connectivity index (χ0v) is 43.5. The Morgan fingerprint density at radius 1 is 0.479 bits per heavy atom. The standard InChI is InChI=1S/C28H35N3O2.C21H29N3O2.C12H18O2/c32-27(18-28-15-22-12-23(16-28)14-24(13-22)17-28)31-10-8-30(9-11-31)26-7-6-25(19-29-26)33-20-21-4-2-1-3-5-21;25-18-1-2-19(22-14-18)23-3-5-24(6-4-23)20(26)13-21-10-15-7-16(11-21)9-17(8-15)12-21;13-11(14)7-12-4-8-1-9(5-12)3-10(2-8)6-12/h1-7,19,22-24H,8-18,20H2;1-2,14-17,25H,3-13H2;8-10H,1-7H2,(H,13,14). The van der Waals surface area contributed by atoms with Crippen molar-refractivity contribution in [1.82, 2.24) is 19.8 Å². The summed E-state index contributed by atoms with van der Waals surface area (Å²) in [6.45, 7) is 7.08. The number of carboxylic acids is 1. The second-order valence-electron chi connectivity index (χ2n) is 26.4. The number of carboxylic acid groups (broad SMARTS) is 1. The van der Waals surface area contributed by atoms with Crippen LogP contribution in [-0.2, 0) is 21.0 Å². The molecule has 73 heavy (non-hydrogen) atoms. The van der Waals surface area contributed by atoms with E-state index < -0.39 is 5.97 Å². The van der Waals surface area contributed by atoms with Crippen molar-refractivity contribution in [3.8, 4) is 11.5 Å². The van der Waals surface area contributed by atoms with E-state index >= 15 is 0 Å². The van der Waals surface area contributed by atoms with Crippen molar-refractivity contribution in [1.29, 1.82) is 0 Å². The molecular weight excluding hydrogens is 913 g/mol. The van der Waals surface area contributed by atoms with Crippen molar-refractivity contribution in [2.24, 2.45) is 69.5 Å². The number of hydrogen-bond donors (Lipinski definition) is 2. The number of pyridine rings is 2. The molecule has 12 nitrogen and oxygen atoms in total. The number of carbonyl (C=O) groups excluding carboxylic acids is 2. The fourth-order valence-electron chi connectivity index (χ4n) is 19.0. The van der Waals surface area contributed by atoms with Gasteiger partial charge in [-0.25, -0.2) is 9.97 Å². The molecule has 0 atom stereocenters. The number of amides is 2. The van der Waals surface area contributed by atoms with Gasteiger partial charge in [-0.05, 0) is 215 Å². The average Bonchev–Trinajstić information content (AvgIpc) is 3.35. The van der Waals surface area contributed by atoms with Gasteiger partial charge in [-0.1, -0.05) is 30.3 Å². The highest BCUT2D eigenvalue weighted by Gasteiger charge is 2.54. The molecule has 14 fully saturated rings. The first kappa shape index (κ1) is 49.0. The highest BCUT2D eigenvalue weighted by Crippen LogP contribution is 2.63. The molecule has 17 rings (SSSR count). The van der Waals surface area contributed by atoms with Crippen LogP contribution in [-0.4, -0.2) is 100 Å². The molecule has 12 bridgehead atoms. The Balaban J connectivity index is 0.000000120. The van der Waals surface area contributed by atoms with Crippen molar-refractivity contribution in [3.05, 3.63) is 72.6 Å². The van der Waals surface area contributed by atoms with Crippen molar-refractivity contribution < 1.29 is 29.3 Å². The van der Waals surface area contributed by atoms with Gasteiger partial charge in [0.1, 0.15) is 29.7 Å². The molecular formula is C61H82N6O6. The number of hydrogen-bond acceptors (Lipinski definition) is 9. The molecule has 0 radical (unpaired) electrons. The SMILES string of the molecule is O=C(CC12CC3CC(CC(C3)C1)C2)N1CCN(c2ccc(O)cn2)CC1.O=C(CC12CC3CC(CC(C3)C1)C2)N1CCN(c2ccc(OCc3ccccc3)cn2)CC1.O=C(O)CC12CC3CC(CC(C3)C1)C2. The van der Waals surface area contributed by atoms with Gasteiger partial charge < -0.3 is 34.5 Å². The third-order valence-corrected chi connectivity index (χ3v) is 20.7. The van der Waals surface area contributed by atoms with Gasteiger partial charge in [0.15, 0.2) is 0 Å². The van der Waals surface area contributed by atoms with Crippen LogP contribution in [0.4, 0.5) is 11.6 Å². The summed E-state index contributed by atoms with van der Waals surface area (Å²) in [5.41, 5.74) is 2.04. The Bertz CT molecular complexity index is 2310. The fourth-order valence-corrected chi connectivity index (χ4v) is 19.0. The van der Waals surface area contributed by atoms with Gasteiger partial charge in [0.25, 0.3) is 0 Å². The predicted octanol–water partition coefficient (Wildman–Crippen LogP) is 10.6. The number of nitrogens with zero attached hydrogens (tertiary/aromatic N) is 6.